The second kappa shape index (κ2) is 2.85. The van der Waals surface area contributed by atoms with Crippen LogP contribution in [0.3, 0.4) is 0 Å². The van der Waals surface area contributed by atoms with Crippen LogP contribution in [-0.4, -0.2) is 11.9 Å². The maximum Gasteiger partial charge on any atom is 0.220 e. The lowest BCUT2D eigenvalue weighted by molar-refractivity contribution is -0.123. The Morgan fingerprint density at radius 2 is 2.56 bits per heavy atom. The number of piperidine rings is 1. The Labute approximate surface area is 55.6 Å². The van der Waals surface area contributed by atoms with Crippen LogP contribution in [0.1, 0.15) is 32.6 Å². The highest BCUT2D eigenvalue weighted by atomic mass is 16.1. The molecule has 1 heterocycles. The summed E-state index contributed by atoms with van der Waals surface area (Å²) >= 11 is 0. The van der Waals surface area contributed by atoms with E-state index in [0.717, 1.165) is 19.3 Å². The Bertz CT molecular complexity index is 111. The lowest BCUT2D eigenvalue weighted by Crippen LogP contribution is -2.37. The van der Waals surface area contributed by atoms with Crippen molar-refractivity contribution in [2.75, 3.05) is 0 Å². The number of hydrogen-bond acceptors (Lipinski definition) is 1. The molecule has 0 radical (unpaired) electrons. The van der Waals surface area contributed by atoms with Crippen LogP contribution in [-0.2, 0) is 4.79 Å². The fourth-order valence-corrected chi connectivity index (χ4v) is 1.19. The lowest BCUT2D eigenvalue weighted by Gasteiger charge is -2.21. The van der Waals surface area contributed by atoms with E-state index in [1.165, 1.54) is 6.42 Å². The van der Waals surface area contributed by atoms with Gasteiger partial charge in [0, 0.05) is 12.5 Å². The third-order valence-corrected chi connectivity index (χ3v) is 1.81. The largest absolute Gasteiger partial charge is 0.353 e. The Morgan fingerprint density at radius 1 is 1.78 bits per heavy atom. The molecule has 0 aromatic carbocycles. The van der Waals surface area contributed by atoms with E-state index in [9.17, 15) is 4.79 Å². The van der Waals surface area contributed by atoms with Crippen molar-refractivity contribution in [2.24, 2.45) is 0 Å². The SMILES string of the molecule is CC[C@@H]1CCCC(=O)N1. The topological polar surface area (TPSA) is 29.1 Å². The zero-order valence-electron chi connectivity index (χ0n) is 5.81. The van der Waals surface area contributed by atoms with Crippen molar-refractivity contribution < 1.29 is 4.79 Å². The van der Waals surface area contributed by atoms with Crippen molar-refractivity contribution in [1.82, 2.24) is 5.32 Å². The summed E-state index contributed by atoms with van der Waals surface area (Å²) in [7, 11) is 0. The first-order chi connectivity index (χ1) is 4.33. The van der Waals surface area contributed by atoms with Crippen molar-refractivity contribution in [1.29, 1.82) is 0 Å². The molecule has 52 valence electrons. The minimum Gasteiger partial charge on any atom is -0.353 e. The molecular formula is C7H13NO. The Kier molecular flexibility index (Phi) is 2.09. The Morgan fingerprint density at radius 3 is 3.00 bits per heavy atom. The van der Waals surface area contributed by atoms with Gasteiger partial charge >= 0.3 is 0 Å². The molecule has 1 saturated heterocycles. The van der Waals surface area contributed by atoms with Gasteiger partial charge in [0.1, 0.15) is 0 Å². The molecule has 1 fully saturated rings. The average Bonchev–Trinajstić information content (AvgIpc) is 1.88. The van der Waals surface area contributed by atoms with Gasteiger partial charge in [-0.2, -0.15) is 0 Å². The third kappa shape index (κ3) is 1.70. The highest BCUT2D eigenvalue weighted by Gasteiger charge is 2.15. The van der Waals surface area contributed by atoms with Crippen molar-refractivity contribution in [3.8, 4) is 0 Å². The molecule has 0 aliphatic carbocycles. The van der Waals surface area contributed by atoms with Crippen LogP contribution in [0.4, 0.5) is 0 Å². The molecule has 0 saturated carbocycles. The first kappa shape index (κ1) is 6.59. The zero-order valence-corrected chi connectivity index (χ0v) is 5.81. The molecule has 0 unspecified atom stereocenters. The number of hydrogen-bond donors (Lipinski definition) is 1. The van der Waals surface area contributed by atoms with Crippen molar-refractivity contribution in [2.45, 2.75) is 38.6 Å². The standard InChI is InChI=1S/C7H13NO/c1-2-6-4-3-5-7(9)8-6/h6H,2-5H2,1H3,(H,8,9)/t6-/m1/s1. The van der Waals surface area contributed by atoms with Gasteiger partial charge in [-0.3, -0.25) is 4.79 Å². The lowest BCUT2D eigenvalue weighted by atomic mass is 10.0. The molecule has 1 N–H and O–H groups in total. The smallest absolute Gasteiger partial charge is 0.220 e. The number of carbonyl (C=O) groups is 1. The van der Waals surface area contributed by atoms with E-state index in [4.69, 9.17) is 0 Å². The Balaban J connectivity index is 2.32. The molecule has 2 heteroatoms. The summed E-state index contributed by atoms with van der Waals surface area (Å²) in [6.45, 7) is 2.11. The molecule has 1 aliphatic rings. The van der Waals surface area contributed by atoms with E-state index in [1.54, 1.807) is 0 Å². The maximum absolute atomic E-state index is 10.7. The van der Waals surface area contributed by atoms with Gasteiger partial charge in [0.05, 0.1) is 0 Å². The summed E-state index contributed by atoms with van der Waals surface area (Å²) in [5.41, 5.74) is 0. The molecule has 9 heavy (non-hydrogen) atoms. The van der Waals surface area contributed by atoms with Gasteiger partial charge in [-0.15, -0.1) is 0 Å². The molecule has 0 aromatic heterocycles. The monoisotopic (exact) mass is 127 g/mol. The summed E-state index contributed by atoms with van der Waals surface area (Å²) in [5.74, 6) is 0.230. The van der Waals surface area contributed by atoms with Gasteiger partial charge in [0.15, 0.2) is 0 Å². The summed E-state index contributed by atoms with van der Waals surface area (Å²) in [6, 6.07) is 0.464. The minimum atomic E-state index is 0.230. The van der Waals surface area contributed by atoms with E-state index in [-0.39, 0.29) is 5.91 Å². The summed E-state index contributed by atoms with van der Waals surface area (Å²) in [5, 5.41) is 2.93. The maximum atomic E-state index is 10.7. The van der Waals surface area contributed by atoms with Crippen LogP contribution < -0.4 is 5.32 Å². The summed E-state index contributed by atoms with van der Waals surface area (Å²) in [6.07, 6.45) is 4.05. The number of nitrogens with one attached hydrogen (secondary N) is 1. The van der Waals surface area contributed by atoms with Crippen LogP contribution in [0.25, 0.3) is 0 Å². The van der Waals surface area contributed by atoms with Gasteiger partial charge in [-0.1, -0.05) is 6.92 Å². The third-order valence-electron chi connectivity index (χ3n) is 1.81. The van der Waals surface area contributed by atoms with E-state index >= 15 is 0 Å². The molecule has 0 spiro atoms. The molecule has 1 amide bonds. The van der Waals surface area contributed by atoms with Gasteiger partial charge < -0.3 is 5.32 Å². The fraction of sp³-hybridized carbons (Fsp3) is 0.857. The average molecular weight is 127 g/mol. The zero-order chi connectivity index (χ0) is 6.69. The summed E-state index contributed by atoms with van der Waals surface area (Å²) in [4.78, 5) is 10.7. The molecule has 2 nitrogen and oxygen atoms in total. The second-order valence-electron chi connectivity index (χ2n) is 2.56. The number of carbonyl (C=O) groups excluding carboxylic acids is 1. The number of amides is 1. The van der Waals surface area contributed by atoms with Gasteiger partial charge in [0.25, 0.3) is 0 Å². The molecule has 1 aliphatic heterocycles. The molecule has 1 rings (SSSR count). The predicted octanol–water partition coefficient (Wildman–Crippen LogP) is 1.07. The first-order valence-corrected chi connectivity index (χ1v) is 3.62. The highest BCUT2D eigenvalue weighted by molar-refractivity contribution is 5.76. The van der Waals surface area contributed by atoms with Crippen molar-refractivity contribution in [3.05, 3.63) is 0 Å². The van der Waals surface area contributed by atoms with E-state index in [0.29, 0.717) is 6.04 Å². The van der Waals surface area contributed by atoms with Crippen LogP contribution in [0, 0.1) is 0 Å². The first-order valence-electron chi connectivity index (χ1n) is 3.62. The Hall–Kier alpha value is -0.530. The van der Waals surface area contributed by atoms with Crippen molar-refractivity contribution in [3.63, 3.8) is 0 Å². The molecule has 1 atom stereocenters. The van der Waals surface area contributed by atoms with Gasteiger partial charge in [-0.25, -0.2) is 0 Å². The minimum absolute atomic E-state index is 0.230. The van der Waals surface area contributed by atoms with Gasteiger partial charge in [0.2, 0.25) is 5.91 Å². The normalized spacial score (nSPS) is 27.7. The molecule has 0 bridgehead atoms. The number of rotatable bonds is 1. The molecule has 0 aromatic rings. The van der Waals surface area contributed by atoms with E-state index in [1.807, 2.05) is 0 Å². The van der Waals surface area contributed by atoms with Crippen LogP contribution in [0.15, 0.2) is 0 Å². The molecular weight excluding hydrogens is 114 g/mol. The van der Waals surface area contributed by atoms with Crippen LogP contribution in [0.5, 0.6) is 0 Å². The predicted molar refractivity (Wildman–Crippen MR) is 36.1 cm³/mol. The second-order valence-corrected chi connectivity index (χ2v) is 2.56. The van der Waals surface area contributed by atoms with Crippen LogP contribution in [0.2, 0.25) is 0 Å². The quantitative estimate of drug-likeness (QED) is 0.560. The van der Waals surface area contributed by atoms with E-state index < -0.39 is 0 Å². The highest BCUT2D eigenvalue weighted by Crippen LogP contribution is 2.09. The van der Waals surface area contributed by atoms with E-state index in [2.05, 4.69) is 12.2 Å². The van der Waals surface area contributed by atoms with Crippen molar-refractivity contribution >= 4 is 5.91 Å². The fourth-order valence-electron chi connectivity index (χ4n) is 1.19. The van der Waals surface area contributed by atoms with Gasteiger partial charge in [-0.05, 0) is 19.3 Å². The summed E-state index contributed by atoms with van der Waals surface area (Å²) < 4.78 is 0. The van der Waals surface area contributed by atoms with Crippen LogP contribution >= 0.6 is 0 Å².